The van der Waals surface area contributed by atoms with E-state index < -0.39 is 28.4 Å². The van der Waals surface area contributed by atoms with E-state index in [1.807, 2.05) is 6.07 Å². The molecule has 0 spiro atoms. The zero-order valence-electron chi connectivity index (χ0n) is 16.2. The summed E-state index contributed by atoms with van der Waals surface area (Å²) in [5.74, 6) is -1.20. The fourth-order valence-electron chi connectivity index (χ4n) is 2.74. The Kier molecular flexibility index (Phi) is 6.29. The van der Waals surface area contributed by atoms with E-state index in [2.05, 4.69) is 9.72 Å². The number of carbonyl (C=O) groups excluding carboxylic acids is 1. The normalized spacial score (nSPS) is 10.9. The predicted molar refractivity (Wildman–Crippen MR) is 109 cm³/mol. The quantitative estimate of drug-likeness (QED) is 0.582. The molecule has 1 heterocycles. The topological polar surface area (TPSA) is 132 Å². The number of primary sulfonamides is 1. The highest BCUT2D eigenvalue weighted by molar-refractivity contribution is 7.89. The van der Waals surface area contributed by atoms with Gasteiger partial charge in [-0.2, -0.15) is 5.26 Å². The number of nitrogens with two attached hydrogens (primary N) is 1. The van der Waals surface area contributed by atoms with Crippen molar-refractivity contribution in [2.75, 3.05) is 13.7 Å². The molecule has 0 amide bonds. The Balaban J connectivity index is 2.17. The third-order valence-electron chi connectivity index (χ3n) is 4.27. The number of ether oxygens (including phenoxy) is 2. The van der Waals surface area contributed by atoms with Crippen molar-refractivity contribution in [1.29, 1.82) is 5.26 Å². The first kappa shape index (κ1) is 21.9. The van der Waals surface area contributed by atoms with E-state index >= 15 is 0 Å². The predicted octanol–water partition coefficient (Wildman–Crippen LogP) is 2.63. The third kappa shape index (κ3) is 5.03. The van der Waals surface area contributed by atoms with Gasteiger partial charge < -0.3 is 9.47 Å². The molecular formula is C21H16FN3O5S. The molecule has 0 radical (unpaired) electrons. The van der Waals surface area contributed by atoms with Gasteiger partial charge in [0.2, 0.25) is 15.9 Å². The molecule has 0 aliphatic heterocycles. The van der Waals surface area contributed by atoms with E-state index in [9.17, 15) is 22.9 Å². The number of nitriles is 1. The lowest BCUT2D eigenvalue weighted by Gasteiger charge is -2.14. The van der Waals surface area contributed by atoms with Gasteiger partial charge in [0.1, 0.15) is 17.4 Å². The number of sulfonamides is 1. The molecule has 0 aliphatic rings. The van der Waals surface area contributed by atoms with Crippen molar-refractivity contribution < 1.29 is 27.1 Å². The van der Waals surface area contributed by atoms with E-state index in [0.29, 0.717) is 22.4 Å². The number of hydrogen-bond donors (Lipinski definition) is 1. The molecule has 0 atom stereocenters. The van der Waals surface area contributed by atoms with Crippen molar-refractivity contribution in [2.45, 2.75) is 4.90 Å². The molecule has 3 aromatic rings. The molecule has 3 rings (SSSR count). The van der Waals surface area contributed by atoms with Gasteiger partial charge in [0.15, 0.2) is 6.61 Å². The number of rotatable bonds is 6. The second kappa shape index (κ2) is 8.91. The molecule has 1 aromatic heterocycles. The maximum atomic E-state index is 13.4. The lowest BCUT2D eigenvalue weighted by molar-refractivity contribution is -0.143. The van der Waals surface area contributed by atoms with Crippen LogP contribution >= 0.6 is 0 Å². The summed E-state index contributed by atoms with van der Waals surface area (Å²) in [6, 6.07) is 14.6. The number of pyridine rings is 1. The first-order valence-electron chi connectivity index (χ1n) is 8.77. The average Bonchev–Trinajstić information content (AvgIpc) is 2.77. The van der Waals surface area contributed by atoms with Crippen LogP contribution in [0, 0.1) is 17.1 Å². The first-order chi connectivity index (χ1) is 14.7. The molecule has 0 bridgehead atoms. The van der Waals surface area contributed by atoms with Gasteiger partial charge in [-0.1, -0.05) is 12.1 Å². The van der Waals surface area contributed by atoms with Crippen LogP contribution in [0.25, 0.3) is 22.4 Å². The summed E-state index contributed by atoms with van der Waals surface area (Å²) in [6.45, 7) is -0.455. The molecule has 158 valence electrons. The van der Waals surface area contributed by atoms with E-state index in [1.165, 1.54) is 61.7 Å². The smallest absolute Gasteiger partial charge is 0.343 e. The minimum absolute atomic E-state index is 0.0419. The van der Waals surface area contributed by atoms with Crippen LogP contribution in [0.3, 0.4) is 0 Å². The summed E-state index contributed by atoms with van der Waals surface area (Å²) in [7, 11) is -2.68. The number of benzene rings is 2. The SMILES string of the molecule is COC(=O)COc1nc(-c2ccc(F)cc2)c(-c2ccc(S(N)(=O)=O)cc2)cc1C#N. The van der Waals surface area contributed by atoms with Crippen molar-refractivity contribution in [1.82, 2.24) is 4.98 Å². The number of halogens is 1. The average molecular weight is 441 g/mol. The van der Waals surface area contributed by atoms with Crippen LogP contribution in [0.15, 0.2) is 59.5 Å². The third-order valence-corrected chi connectivity index (χ3v) is 5.20. The van der Waals surface area contributed by atoms with Gasteiger partial charge in [-0.05, 0) is 48.0 Å². The van der Waals surface area contributed by atoms with Crippen molar-refractivity contribution in [2.24, 2.45) is 5.14 Å². The molecule has 0 unspecified atom stereocenters. The zero-order valence-corrected chi connectivity index (χ0v) is 17.0. The van der Waals surface area contributed by atoms with Crippen LogP contribution < -0.4 is 9.88 Å². The fourth-order valence-corrected chi connectivity index (χ4v) is 3.26. The van der Waals surface area contributed by atoms with Gasteiger partial charge in [-0.25, -0.2) is 27.7 Å². The van der Waals surface area contributed by atoms with Gasteiger partial charge in [-0.15, -0.1) is 0 Å². The highest BCUT2D eigenvalue weighted by Gasteiger charge is 2.18. The Morgan fingerprint density at radius 3 is 2.29 bits per heavy atom. The Morgan fingerprint density at radius 1 is 1.13 bits per heavy atom. The number of aromatic nitrogens is 1. The largest absolute Gasteiger partial charge is 0.466 e. The minimum Gasteiger partial charge on any atom is -0.466 e. The van der Waals surface area contributed by atoms with Crippen molar-refractivity contribution in [3.63, 3.8) is 0 Å². The van der Waals surface area contributed by atoms with E-state index in [-0.39, 0.29) is 16.3 Å². The maximum absolute atomic E-state index is 13.4. The summed E-state index contributed by atoms with van der Waals surface area (Å²) >= 11 is 0. The number of hydrogen-bond acceptors (Lipinski definition) is 7. The molecule has 2 aromatic carbocycles. The van der Waals surface area contributed by atoms with Gasteiger partial charge in [0.05, 0.1) is 17.7 Å². The standard InChI is InChI=1S/C21H16FN3O5S/c1-29-19(26)12-30-21-15(11-23)10-18(13-4-8-17(9-5-13)31(24,27)28)20(25-21)14-2-6-16(22)7-3-14/h2-10H,12H2,1H3,(H2,24,27,28). The minimum atomic E-state index is -3.88. The number of carbonyl (C=O) groups is 1. The van der Waals surface area contributed by atoms with Crippen LogP contribution in [0.4, 0.5) is 4.39 Å². The van der Waals surface area contributed by atoms with Crippen LogP contribution in [0.1, 0.15) is 5.56 Å². The summed E-state index contributed by atoms with van der Waals surface area (Å²) in [4.78, 5) is 15.7. The highest BCUT2D eigenvalue weighted by atomic mass is 32.2. The Morgan fingerprint density at radius 2 is 1.74 bits per heavy atom. The molecule has 10 heteroatoms. The van der Waals surface area contributed by atoms with E-state index in [1.54, 1.807) is 0 Å². The zero-order chi connectivity index (χ0) is 22.6. The van der Waals surface area contributed by atoms with Gasteiger partial charge in [0, 0.05) is 11.1 Å². The number of methoxy groups -OCH3 is 1. The second-order valence-electron chi connectivity index (χ2n) is 6.29. The van der Waals surface area contributed by atoms with Crippen LogP contribution in [-0.4, -0.2) is 33.1 Å². The Hall–Kier alpha value is -3.81. The van der Waals surface area contributed by atoms with Gasteiger partial charge in [-0.3, -0.25) is 0 Å². The molecule has 0 aliphatic carbocycles. The van der Waals surface area contributed by atoms with Crippen molar-refractivity contribution in [3.8, 4) is 34.3 Å². The molecule has 31 heavy (non-hydrogen) atoms. The van der Waals surface area contributed by atoms with Gasteiger partial charge in [0.25, 0.3) is 0 Å². The highest BCUT2D eigenvalue weighted by Crippen LogP contribution is 2.35. The molecule has 0 saturated heterocycles. The van der Waals surface area contributed by atoms with Crippen LogP contribution in [0.2, 0.25) is 0 Å². The summed E-state index contributed by atoms with van der Waals surface area (Å²) < 4.78 is 46.4. The number of nitrogens with zero attached hydrogens (tertiary/aromatic N) is 2. The van der Waals surface area contributed by atoms with E-state index in [4.69, 9.17) is 9.88 Å². The van der Waals surface area contributed by atoms with Crippen molar-refractivity contribution >= 4 is 16.0 Å². The molecular weight excluding hydrogens is 425 g/mol. The van der Waals surface area contributed by atoms with Crippen molar-refractivity contribution in [3.05, 3.63) is 66.0 Å². The Bertz CT molecular complexity index is 1270. The summed E-state index contributed by atoms with van der Waals surface area (Å²) in [5, 5.41) is 14.7. The van der Waals surface area contributed by atoms with Crippen LogP contribution in [0.5, 0.6) is 5.88 Å². The maximum Gasteiger partial charge on any atom is 0.343 e. The molecule has 0 fully saturated rings. The Labute approximate surface area is 177 Å². The molecule has 0 saturated carbocycles. The fraction of sp³-hybridized carbons (Fsp3) is 0.0952. The molecule has 8 nitrogen and oxygen atoms in total. The summed E-state index contributed by atoms with van der Waals surface area (Å²) in [6.07, 6.45) is 0. The molecule has 2 N–H and O–H groups in total. The summed E-state index contributed by atoms with van der Waals surface area (Å²) in [5.41, 5.74) is 1.90. The number of esters is 1. The lowest BCUT2D eigenvalue weighted by Crippen LogP contribution is -2.14. The first-order valence-corrected chi connectivity index (χ1v) is 10.3. The van der Waals surface area contributed by atoms with Crippen LogP contribution in [-0.2, 0) is 19.6 Å². The lowest BCUT2D eigenvalue weighted by atomic mass is 9.98. The second-order valence-corrected chi connectivity index (χ2v) is 7.85. The van der Waals surface area contributed by atoms with E-state index in [0.717, 1.165) is 0 Å². The monoisotopic (exact) mass is 441 g/mol. The van der Waals surface area contributed by atoms with Gasteiger partial charge >= 0.3 is 5.97 Å².